The van der Waals surface area contributed by atoms with Crippen LogP contribution in [0.2, 0.25) is 0 Å². The van der Waals surface area contributed by atoms with Crippen LogP contribution in [0.4, 0.5) is 4.79 Å². The van der Waals surface area contributed by atoms with Gasteiger partial charge in [0.25, 0.3) is 0 Å². The van der Waals surface area contributed by atoms with E-state index in [2.05, 4.69) is 0 Å². The van der Waals surface area contributed by atoms with Crippen LogP contribution in [-0.4, -0.2) is 17.8 Å². The highest BCUT2D eigenvalue weighted by molar-refractivity contribution is 5.64. The molecule has 0 radical (unpaired) electrons. The number of phenolic OH excluding ortho intramolecular Hbond substituents is 1. The Morgan fingerprint density at radius 3 is 3.07 bits per heavy atom. The molecule has 1 amide bonds. The molecule has 14 heavy (non-hydrogen) atoms. The first-order chi connectivity index (χ1) is 6.66. The van der Waals surface area contributed by atoms with Crippen LogP contribution < -0.4 is 5.73 Å². The minimum atomic E-state index is -0.739. The van der Waals surface area contributed by atoms with Crippen LogP contribution in [0.25, 0.3) is 0 Å². The molecule has 0 aromatic heterocycles. The van der Waals surface area contributed by atoms with E-state index < -0.39 is 6.09 Å². The highest BCUT2D eigenvalue weighted by Crippen LogP contribution is 2.36. The van der Waals surface area contributed by atoms with Crippen molar-refractivity contribution in [1.29, 1.82) is 0 Å². The summed E-state index contributed by atoms with van der Waals surface area (Å²) in [5.41, 5.74) is 7.11. The second kappa shape index (κ2) is 3.21. The van der Waals surface area contributed by atoms with Crippen molar-refractivity contribution in [3.8, 4) is 5.75 Å². The number of aromatic hydroxyl groups is 1. The molecule has 0 bridgehead atoms. The summed E-state index contributed by atoms with van der Waals surface area (Å²) >= 11 is 0. The Labute approximate surface area is 81.3 Å². The van der Waals surface area contributed by atoms with E-state index in [1.165, 1.54) is 0 Å². The maximum atomic E-state index is 10.4. The quantitative estimate of drug-likeness (QED) is 0.739. The van der Waals surface area contributed by atoms with Gasteiger partial charge >= 0.3 is 6.09 Å². The number of primary amides is 1. The summed E-state index contributed by atoms with van der Waals surface area (Å²) in [5.74, 6) is 0.510. The number of benzene rings is 1. The minimum Gasteiger partial charge on any atom is -0.508 e. The SMILES string of the molecule is NC(=O)OCC1Cc2cc(O)ccc21. The predicted octanol–water partition coefficient (Wildman–Crippen LogP) is 1.13. The lowest BCUT2D eigenvalue weighted by molar-refractivity contribution is 0.145. The molecule has 1 aliphatic carbocycles. The van der Waals surface area contributed by atoms with E-state index in [-0.39, 0.29) is 11.7 Å². The van der Waals surface area contributed by atoms with Gasteiger partial charge in [-0.1, -0.05) is 6.07 Å². The molecule has 0 saturated carbocycles. The van der Waals surface area contributed by atoms with Gasteiger partial charge in [-0.15, -0.1) is 0 Å². The normalized spacial score (nSPS) is 18.1. The second-order valence-corrected chi connectivity index (χ2v) is 3.41. The highest BCUT2D eigenvalue weighted by atomic mass is 16.5. The smallest absolute Gasteiger partial charge is 0.404 e. The van der Waals surface area contributed by atoms with Gasteiger partial charge < -0.3 is 15.6 Å². The standard InChI is InChI=1S/C10H11NO3/c11-10(13)14-5-7-3-6-4-8(12)1-2-9(6)7/h1-2,4,7,12H,3,5H2,(H2,11,13). The number of hydrogen-bond acceptors (Lipinski definition) is 3. The predicted molar refractivity (Wildman–Crippen MR) is 50.1 cm³/mol. The zero-order valence-corrected chi connectivity index (χ0v) is 7.56. The maximum absolute atomic E-state index is 10.4. The third-order valence-electron chi connectivity index (χ3n) is 2.46. The van der Waals surface area contributed by atoms with Crippen molar-refractivity contribution in [3.63, 3.8) is 0 Å². The number of amides is 1. The van der Waals surface area contributed by atoms with Gasteiger partial charge in [0.15, 0.2) is 0 Å². The van der Waals surface area contributed by atoms with Gasteiger partial charge in [-0.05, 0) is 29.7 Å². The summed E-state index contributed by atoms with van der Waals surface area (Å²) in [6.07, 6.45) is 0.0917. The first kappa shape index (κ1) is 8.87. The number of carbonyl (C=O) groups is 1. The molecule has 1 aromatic rings. The van der Waals surface area contributed by atoms with Gasteiger partial charge in [0.05, 0.1) is 0 Å². The van der Waals surface area contributed by atoms with Crippen molar-refractivity contribution in [2.75, 3.05) is 6.61 Å². The number of phenols is 1. The molecular weight excluding hydrogens is 182 g/mol. The fourth-order valence-corrected chi connectivity index (χ4v) is 1.74. The fourth-order valence-electron chi connectivity index (χ4n) is 1.74. The Hall–Kier alpha value is -1.71. The lowest BCUT2D eigenvalue weighted by Crippen LogP contribution is -2.25. The molecule has 0 fully saturated rings. The molecule has 1 unspecified atom stereocenters. The number of fused-ring (bicyclic) bond motifs is 1. The van der Waals surface area contributed by atoms with Gasteiger partial charge in [0, 0.05) is 5.92 Å². The summed E-state index contributed by atoms with van der Waals surface area (Å²) < 4.78 is 4.71. The molecule has 2 rings (SSSR count). The van der Waals surface area contributed by atoms with Gasteiger partial charge in [-0.25, -0.2) is 4.79 Å². The number of ether oxygens (including phenoxy) is 1. The summed E-state index contributed by atoms with van der Waals surface area (Å²) in [6, 6.07) is 5.22. The van der Waals surface area contributed by atoms with Crippen molar-refractivity contribution in [2.24, 2.45) is 5.73 Å². The van der Waals surface area contributed by atoms with Crippen molar-refractivity contribution in [2.45, 2.75) is 12.3 Å². The molecule has 1 atom stereocenters. The molecule has 4 heteroatoms. The average Bonchev–Trinajstić information content (AvgIpc) is 2.08. The Morgan fingerprint density at radius 1 is 1.64 bits per heavy atom. The molecule has 4 nitrogen and oxygen atoms in total. The van der Waals surface area contributed by atoms with E-state index in [0.717, 1.165) is 17.5 Å². The van der Waals surface area contributed by atoms with Crippen LogP contribution in [0.1, 0.15) is 17.0 Å². The number of rotatable bonds is 2. The van der Waals surface area contributed by atoms with Crippen molar-refractivity contribution in [3.05, 3.63) is 29.3 Å². The van der Waals surface area contributed by atoms with E-state index in [1.54, 1.807) is 12.1 Å². The van der Waals surface area contributed by atoms with Gasteiger partial charge in [0.1, 0.15) is 12.4 Å². The van der Waals surface area contributed by atoms with E-state index in [4.69, 9.17) is 10.5 Å². The molecular formula is C10H11NO3. The molecule has 3 N–H and O–H groups in total. The highest BCUT2D eigenvalue weighted by Gasteiger charge is 2.27. The third kappa shape index (κ3) is 1.51. The van der Waals surface area contributed by atoms with Crippen LogP contribution in [0.15, 0.2) is 18.2 Å². The Balaban J connectivity index is 2.02. The van der Waals surface area contributed by atoms with E-state index in [9.17, 15) is 9.90 Å². The summed E-state index contributed by atoms with van der Waals surface area (Å²) in [7, 11) is 0. The van der Waals surface area contributed by atoms with Gasteiger partial charge in [0.2, 0.25) is 0 Å². The summed E-state index contributed by atoms with van der Waals surface area (Å²) in [5, 5.41) is 9.17. The molecule has 0 spiro atoms. The van der Waals surface area contributed by atoms with Crippen LogP contribution in [-0.2, 0) is 11.2 Å². The first-order valence-corrected chi connectivity index (χ1v) is 4.41. The molecule has 0 heterocycles. The van der Waals surface area contributed by atoms with Crippen molar-refractivity contribution >= 4 is 6.09 Å². The van der Waals surface area contributed by atoms with E-state index in [0.29, 0.717) is 6.61 Å². The Kier molecular flexibility index (Phi) is 2.04. The molecule has 1 aliphatic rings. The lowest BCUT2D eigenvalue weighted by atomic mass is 9.78. The van der Waals surface area contributed by atoms with Crippen LogP contribution >= 0.6 is 0 Å². The topological polar surface area (TPSA) is 72.6 Å². The van der Waals surface area contributed by atoms with Gasteiger partial charge in [-0.2, -0.15) is 0 Å². The Bertz CT molecular complexity index is 376. The molecule has 0 saturated heterocycles. The number of nitrogens with two attached hydrogens (primary N) is 1. The molecule has 0 aliphatic heterocycles. The first-order valence-electron chi connectivity index (χ1n) is 4.41. The average molecular weight is 193 g/mol. The van der Waals surface area contributed by atoms with E-state index >= 15 is 0 Å². The fraction of sp³-hybridized carbons (Fsp3) is 0.300. The second-order valence-electron chi connectivity index (χ2n) is 3.41. The third-order valence-corrected chi connectivity index (χ3v) is 2.46. The monoisotopic (exact) mass is 193 g/mol. The molecule has 1 aromatic carbocycles. The largest absolute Gasteiger partial charge is 0.508 e. The van der Waals surface area contributed by atoms with Crippen LogP contribution in [0, 0.1) is 0 Å². The zero-order valence-electron chi connectivity index (χ0n) is 7.56. The molecule has 74 valence electrons. The maximum Gasteiger partial charge on any atom is 0.404 e. The zero-order chi connectivity index (χ0) is 10.1. The lowest BCUT2D eigenvalue weighted by Gasteiger charge is -2.29. The van der Waals surface area contributed by atoms with Crippen molar-refractivity contribution < 1.29 is 14.6 Å². The number of carbonyl (C=O) groups excluding carboxylic acids is 1. The van der Waals surface area contributed by atoms with E-state index in [1.807, 2.05) is 6.07 Å². The number of hydrogen-bond donors (Lipinski definition) is 2. The summed E-state index contributed by atoms with van der Waals surface area (Å²) in [4.78, 5) is 10.4. The summed E-state index contributed by atoms with van der Waals surface area (Å²) in [6.45, 7) is 0.326. The minimum absolute atomic E-state index is 0.234. The van der Waals surface area contributed by atoms with Crippen LogP contribution in [0.5, 0.6) is 5.75 Å². The Morgan fingerprint density at radius 2 is 2.43 bits per heavy atom. The van der Waals surface area contributed by atoms with Gasteiger partial charge in [-0.3, -0.25) is 0 Å². The van der Waals surface area contributed by atoms with Crippen LogP contribution in [0.3, 0.4) is 0 Å². The van der Waals surface area contributed by atoms with Crippen molar-refractivity contribution in [1.82, 2.24) is 0 Å².